The first kappa shape index (κ1) is 17.8. The lowest BCUT2D eigenvalue weighted by atomic mass is 10.0. The Morgan fingerprint density at radius 2 is 1.37 bits per heavy atom. The Balaban J connectivity index is 0.00000162. The van der Waals surface area contributed by atoms with Crippen LogP contribution in [0.5, 0.6) is 0 Å². The van der Waals surface area contributed by atoms with Gasteiger partial charge in [0.2, 0.25) is 0 Å². The molecule has 2 rings (SSSR count). The molecule has 0 saturated heterocycles. The molecule has 19 heavy (non-hydrogen) atoms. The molecule has 2 aromatic rings. The predicted octanol–water partition coefficient (Wildman–Crippen LogP) is 2.49. The van der Waals surface area contributed by atoms with Crippen molar-refractivity contribution in [2.75, 3.05) is 0 Å². The predicted molar refractivity (Wildman–Crippen MR) is 81.8 cm³/mol. The van der Waals surface area contributed by atoms with E-state index in [1.165, 1.54) is 24.3 Å². The summed E-state index contributed by atoms with van der Waals surface area (Å²) in [6.07, 6.45) is 0. The zero-order chi connectivity index (χ0) is 12.3. The van der Waals surface area contributed by atoms with Crippen LogP contribution in [0.2, 0.25) is 0 Å². The summed E-state index contributed by atoms with van der Waals surface area (Å²) >= 11 is 0. The Kier molecular flexibility index (Phi) is 7.51. The third-order valence-corrected chi connectivity index (χ3v) is 2.38. The Bertz CT molecular complexity index is 558. The van der Waals surface area contributed by atoms with Gasteiger partial charge in [-0.1, -0.05) is 30.3 Å². The number of nitro benzene ring substituents is 1. The minimum atomic E-state index is -0.489. The van der Waals surface area contributed by atoms with E-state index >= 15 is 0 Å². The average Bonchev–Trinajstić information content (AvgIpc) is 2.39. The molecule has 0 bridgehead atoms. The topological polar surface area (TPSA) is 60.2 Å². The van der Waals surface area contributed by atoms with Crippen LogP contribution >= 0.6 is 17.0 Å². The van der Waals surface area contributed by atoms with Gasteiger partial charge in [-0.25, -0.2) is 0 Å². The third-order valence-electron chi connectivity index (χ3n) is 2.38. The summed E-state index contributed by atoms with van der Waals surface area (Å²) in [5, 5.41) is 10.5. The van der Waals surface area contributed by atoms with Gasteiger partial charge in [-0.2, -0.15) is 0 Å². The van der Waals surface area contributed by atoms with Crippen LogP contribution in [0, 0.1) is 10.1 Å². The maximum Gasteiger partial charge on any atom is 0.316 e. The molecule has 0 aromatic heterocycles. The molecular formula is C13H12BrMgNO3. The summed E-state index contributed by atoms with van der Waals surface area (Å²) in [6.45, 7) is 0. The molecule has 0 spiro atoms. The first-order valence-electron chi connectivity index (χ1n) is 5.02. The van der Waals surface area contributed by atoms with Gasteiger partial charge in [0, 0.05) is 23.3 Å². The number of carbonyl (C=O) groups excluding carboxylic acids is 1. The van der Waals surface area contributed by atoms with Gasteiger partial charge in [0.05, 0.1) is 4.92 Å². The standard InChI is InChI=1S/C13H9NO3.BrH.Mg.2H/c15-13(10-4-2-1-3-5-10)11-6-8-12(9-7-11)14(16)17;;;;/h1-9H;1H;;;. The fraction of sp³-hybridized carbons (Fsp3) is 0. The lowest BCUT2D eigenvalue weighted by molar-refractivity contribution is -0.384. The van der Waals surface area contributed by atoms with Crippen molar-refractivity contribution in [3.8, 4) is 0 Å². The minimum absolute atomic E-state index is 0. The van der Waals surface area contributed by atoms with Crippen LogP contribution in [0.4, 0.5) is 5.69 Å². The van der Waals surface area contributed by atoms with Gasteiger partial charge in [-0.05, 0) is 12.1 Å². The van der Waals surface area contributed by atoms with Gasteiger partial charge < -0.3 is 0 Å². The third kappa shape index (κ3) is 4.41. The Labute approximate surface area is 136 Å². The number of carbonyl (C=O) groups is 1. The van der Waals surface area contributed by atoms with Crippen molar-refractivity contribution >= 4 is 51.5 Å². The Hall–Kier alpha value is -1.24. The maximum absolute atomic E-state index is 12.0. The zero-order valence-electron chi connectivity index (χ0n) is 9.28. The maximum atomic E-state index is 12.0. The van der Waals surface area contributed by atoms with Gasteiger partial charge in [0.1, 0.15) is 0 Å². The Morgan fingerprint density at radius 1 is 0.895 bits per heavy atom. The van der Waals surface area contributed by atoms with E-state index in [-0.39, 0.29) is 51.5 Å². The number of hydrogen-bond donors (Lipinski definition) is 0. The van der Waals surface area contributed by atoms with Crippen molar-refractivity contribution in [1.82, 2.24) is 0 Å². The molecule has 6 heteroatoms. The molecule has 0 atom stereocenters. The normalized spacial score (nSPS) is 8.84. The van der Waals surface area contributed by atoms with Crippen molar-refractivity contribution in [2.24, 2.45) is 0 Å². The van der Waals surface area contributed by atoms with Gasteiger partial charge in [0.15, 0.2) is 5.78 Å². The smallest absolute Gasteiger partial charge is 0.289 e. The molecule has 0 aliphatic rings. The van der Waals surface area contributed by atoms with E-state index in [4.69, 9.17) is 0 Å². The number of halogens is 1. The fourth-order valence-corrected chi connectivity index (χ4v) is 1.49. The molecule has 0 unspecified atom stereocenters. The molecule has 0 amide bonds. The van der Waals surface area contributed by atoms with E-state index in [1.807, 2.05) is 6.07 Å². The largest absolute Gasteiger partial charge is 0.316 e. The second kappa shape index (κ2) is 8.03. The van der Waals surface area contributed by atoms with Gasteiger partial charge in [-0.3, -0.25) is 14.9 Å². The number of nitro groups is 1. The first-order valence-corrected chi connectivity index (χ1v) is 5.02. The van der Waals surface area contributed by atoms with Gasteiger partial charge in [0.25, 0.3) is 5.69 Å². The van der Waals surface area contributed by atoms with Crippen LogP contribution in [0.3, 0.4) is 0 Å². The molecule has 0 aliphatic carbocycles. The summed E-state index contributed by atoms with van der Waals surface area (Å²) in [7, 11) is 0. The lowest BCUT2D eigenvalue weighted by Gasteiger charge is -2.00. The van der Waals surface area contributed by atoms with Gasteiger partial charge >= 0.3 is 23.1 Å². The minimum Gasteiger partial charge on any atom is -0.289 e. The average molecular weight is 334 g/mol. The highest BCUT2D eigenvalue weighted by atomic mass is 79.9. The summed E-state index contributed by atoms with van der Waals surface area (Å²) in [5.74, 6) is -0.138. The SMILES string of the molecule is Br.O=C(c1ccccc1)c1ccc([N+](=O)[O-])cc1.[MgH2]. The molecule has 0 N–H and O–H groups in total. The van der Waals surface area contributed by atoms with Crippen molar-refractivity contribution in [1.29, 1.82) is 0 Å². The van der Waals surface area contributed by atoms with Crippen molar-refractivity contribution in [3.63, 3.8) is 0 Å². The fourth-order valence-electron chi connectivity index (χ4n) is 1.49. The zero-order valence-corrected chi connectivity index (χ0v) is 11.0. The molecule has 96 valence electrons. The monoisotopic (exact) mass is 333 g/mol. The molecule has 0 aliphatic heterocycles. The second-order valence-corrected chi connectivity index (χ2v) is 3.50. The van der Waals surface area contributed by atoms with Gasteiger partial charge in [-0.15, -0.1) is 17.0 Å². The van der Waals surface area contributed by atoms with E-state index in [1.54, 1.807) is 24.3 Å². The number of benzene rings is 2. The number of ketones is 1. The summed E-state index contributed by atoms with van der Waals surface area (Å²) < 4.78 is 0. The van der Waals surface area contributed by atoms with Crippen LogP contribution in [0.15, 0.2) is 54.6 Å². The number of hydrogen-bond acceptors (Lipinski definition) is 3. The number of nitrogens with zero attached hydrogens (tertiary/aromatic N) is 1. The molecule has 0 radical (unpaired) electrons. The van der Waals surface area contributed by atoms with Crippen LogP contribution in [-0.2, 0) is 0 Å². The Morgan fingerprint density at radius 3 is 1.84 bits per heavy atom. The first-order chi connectivity index (χ1) is 8.18. The van der Waals surface area contributed by atoms with E-state index in [9.17, 15) is 14.9 Å². The summed E-state index contributed by atoms with van der Waals surface area (Å²) in [4.78, 5) is 21.9. The molecule has 0 heterocycles. The molecule has 4 nitrogen and oxygen atoms in total. The van der Waals surface area contributed by atoms with Crippen molar-refractivity contribution in [2.45, 2.75) is 0 Å². The van der Waals surface area contributed by atoms with E-state index in [2.05, 4.69) is 0 Å². The highest BCUT2D eigenvalue weighted by Crippen LogP contribution is 2.15. The van der Waals surface area contributed by atoms with Crippen LogP contribution < -0.4 is 0 Å². The van der Waals surface area contributed by atoms with Crippen LogP contribution in [0.25, 0.3) is 0 Å². The summed E-state index contributed by atoms with van der Waals surface area (Å²) in [5.41, 5.74) is 0.998. The number of rotatable bonds is 3. The molecule has 0 fully saturated rings. The van der Waals surface area contributed by atoms with Crippen molar-refractivity contribution < 1.29 is 9.72 Å². The quantitative estimate of drug-likeness (QED) is 0.375. The van der Waals surface area contributed by atoms with E-state index in [0.717, 1.165) is 0 Å². The summed E-state index contributed by atoms with van der Waals surface area (Å²) in [6, 6.07) is 14.4. The molecule has 2 aromatic carbocycles. The van der Waals surface area contributed by atoms with E-state index in [0.29, 0.717) is 11.1 Å². The van der Waals surface area contributed by atoms with Crippen LogP contribution in [0.1, 0.15) is 15.9 Å². The van der Waals surface area contributed by atoms with Crippen LogP contribution in [-0.4, -0.2) is 33.8 Å². The molecular weight excluding hydrogens is 322 g/mol. The van der Waals surface area contributed by atoms with E-state index < -0.39 is 4.92 Å². The lowest BCUT2D eigenvalue weighted by Crippen LogP contribution is -2.00. The highest BCUT2D eigenvalue weighted by Gasteiger charge is 2.10. The second-order valence-electron chi connectivity index (χ2n) is 3.50. The number of non-ortho nitro benzene ring substituents is 1. The molecule has 0 saturated carbocycles. The van der Waals surface area contributed by atoms with Crippen molar-refractivity contribution in [3.05, 3.63) is 75.8 Å². The highest BCUT2D eigenvalue weighted by molar-refractivity contribution is 8.93.